The van der Waals surface area contributed by atoms with Crippen LogP contribution in [0.1, 0.15) is 33.1 Å². The van der Waals surface area contributed by atoms with E-state index in [1.165, 1.54) is 25.8 Å². The van der Waals surface area contributed by atoms with E-state index in [0.717, 1.165) is 6.61 Å². The van der Waals surface area contributed by atoms with Crippen molar-refractivity contribution in [1.29, 1.82) is 0 Å². The van der Waals surface area contributed by atoms with E-state index in [1.807, 2.05) is 0 Å². The lowest BCUT2D eigenvalue weighted by molar-refractivity contribution is -0.0709. The third-order valence-electron chi connectivity index (χ3n) is 3.57. The van der Waals surface area contributed by atoms with Crippen molar-refractivity contribution in [2.45, 2.75) is 50.9 Å². The molecule has 0 amide bonds. The molecule has 2 rings (SSSR count). The second kappa shape index (κ2) is 5.00. The van der Waals surface area contributed by atoms with Crippen molar-refractivity contribution in [2.24, 2.45) is 0 Å². The van der Waals surface area contributed by atoms with E-state index >= 15 is 0 Å². The molecule has 0 saturated carbocycles. The number of piperidine rings is 1. The normalized spacial score (nSPS) is 42.6. The van der Waals surface area contributed by atoms with Crippen LogP contribution < -0.4 is 5.32 Å². The molecular weight excluding hydrogens is 212 g/mol. The Morgan fingerprint density at radius 1 is 1.40 bits per heavy atom. The van der Waals surface area contributed by atoms with E-state index in [9.17, 15) is 0 Å². The summed E-state index contributed by atoms with van der Waals surface area (Å²) in [6.45, 7) is 6.44. The highest BCUT2D eigenvalue weighted by atomic mass is 35.5. The van der Waals surface area contributed by atoms with Gasteiger partial charge in [-0.05, 0) is 40.3 Å². The highest BCUT2D eigenvalue weighted by Gasteiger charge is 2.43. The van der Waals surface area contributed by atoms with Crippen molar-refractivity contribution < 1.29 is 4.74 Å². The van der Waals surface area contributed by atoms with Crippen LogP contribution in [0.15, 0.2) is 0 Å². The lowest BCUT2D eigenvalue weighted by Gasteiger charge is -2.42. The number of hydrogen-bond acceptors (Lipinski definition) is 3. The molecule has 90 valence electrons. The summed E-state index contributed by atoms with van der Waals surface area (Å²) < 4.78 is 5.91. The minimum Gasteiger partial charge on any atom is -0.358 e. The Labute approximate surface area is 99.0 Å². The molecule has 0 spiro atoms. The number of nitrogens with zero attached hydrogens (tertiary/aromatic N) is 1. The quantitative estimate of drug-likeness (QED) is 0.746. The van der Waals surface area contributed by atoms with E-state index in [1.54, 1.807) is 0 Å². The SMILES string of the molecule is CC1COC(C)(C2CCCCN2C)N1.Cl. The van der Waals surface area contributed by atoms with Crippen molar-refractivity contribution in [1.82, 2.24) is 10.2 Å². The molecule has 0 aromatic carbocycles. The molecule has 15 heavy (non-hydrogen) atoms. The molecule has 0 aromatic heterocycles. The van der Waals surface area contributed by atoms with Crippen LogP contribution in [0.3, 0.4) is 0 Å². The first-order valence-corrected chi connectivity index (χ1v) is 5.74. The van der Waals surface area contributed by atoms with Crippen molar-refractivity contribution >= 4 is 12.4 Å². The number of halogens is 1. The largest absolute Gasteiger partial charge is 0.358 e. The predicted octanol–water partition coefficient (Wildman–Crippen LogP) is 1.62. The van der Waals surface area contributed by atoms with E-state index in [0.29, 0.717) is 12.1 Å². The zero-order valence-electron chi connectivity index (χ0n) is 9.95. The molecule has 0 aliphatic carbocycles. The van der Waals surface area contributed by atoms with Gasteiger partial charge in [-0.15, -0.1) is 12.4 Å². The molecule has 2 aliphatic heterocycles. The molecule has 2 heterocycles. The Bertz CT molecular complexity index is 215. The second-order valence-electron chi connectivity index (χ2n) is 4.96. The molecule has 2 fully saturated rings. The smallest absolute Gasteiger partial charge is 0.132 e. The highest BCUT2D eigenvalue weighted by molar-refractivity contribution is 5.85. The van der Waals surface area contributed by atoms with Gasteiger partial charge in [0.2, 0.25) is 0 Å². The number of nitrogens with one attached hydrogen (secondary N) is 1. The van der Waals surface area contributed by atoms with Gasteiger partial charge in [-0.3, -0.25) is 10.2 Å². The van der Waals surface area contributed by atoms with Crippen LogP contribution in [-0.2, 0) is 4.74 Å². The summed E-state index contributed by atoms with van der Waals surface area (Å²) in [6.07, 6.45) is 3.93. The van der Waals surface area contributed by atoms with Gasteiger partial charge in [0, 0.05) is 6.04 Å². The topological polar surface area (TPSA) is 24.5 Å². The van der Waals surface area contributed by atoms with E-state index in [4.69, 9.17) is 4.74 Å². The molecule has 0 bridgehead atoms. The summed E-state index contributed by atoms with van der Waals surface area (Å²) in [5, 5.41) is 3.57. The predicted molar refractivity (Wildman–Crippen MR) is 64.5 cm³/mol. The van der Waals surface area contributed by atoms with Gasteiger partial charge < -0.3 is 4.74 Å². The fourth-order valence-electron chi connectivity index (χ4n) is 2.83. The molecular formula is C11H23ClN2O. The molecule has 2 saturated heterocycles. The number of likely N-dealkylation sites (N-methyl/N-ethyl adjacent to an activating group) is 1. The molecule has 4 heteroatoms. The van der Waals surface area contributed by atoms with Crippen LogP contribution in [-0.4, -0.2) is 42.9 Å². The average molecular weight is 235 g/mol. The van der Waals surface area contributed by atoms with Crippen LogP contribution in [0.5, 0.6) is 0 Å². The summed E-state index contributed by atoms with van der Waals surface area (Å²) in [5.74, 6) is 0. The second-order valence-corrected chi connectivity index (χ2v) is 4.96. The fraction of sp³-hybridized carbons (Fsp3) is 1.00. The first kappa shape index (κ1) is 13.2. The van der Waals surface area contributed by atoms with E-state index < -0.39 is 0 Å². The number of ether oxygens (including phenoxy) is 1. The molecule has 3 atom stereocenters. The van der Waals surface area contributed by atoms with Gasteiger partial charge in [0.15, 0.2) is 0 Å². The van der Waals surface area contributed by atoms with Gasteiger partial charge in [-0.2, -0.15) is 0 Å². The number of likely N-dealkylation sites (tertiary alicyclic amines) is 1. The summed E-state index contributed by atoms with van der Waals surface area (Å²) in [7, 11) is 2.21. The maximum absolute atomic E-state index is 5.91. The lowest BCUT2D eigenvalue weighted by atomic mass is 9.94. The number of rotatable bonds is 1. The van der Waals surface area contributed by atoms with E-state index in [-0.39, 0.29) is 18.1 Å². The number of hydrogen-bond donors (Lipinski definition) is 1. The van der Waals surface area contributed by atoms with Crippen molar-refractivity contribution in [3.8, 4) is 0 Å². The van der Waals surface area contributed by atoms with Gasteiger partial charge in [0.05, 0.1) is 12.6 Å². The minimum absolute atomic E-state index is 0. The lowest BCUT2D eigenvalue weighted by Crippen LogP contribution is -2.58. The molecule has 3 unspecified atom stereocenters. The Hall–Kier alpha value is 0.170. The third kappa shape index (κ3) is 2.64. The summed E-state index contributed by atoms with van der Waals surface area (Å²) in [4.78, 5) is 2.44. The van der Waals surface area contributed by atoms with Crippen LogP contribution >= 0.6 is 12.4 Å². The van der Waals surface area contributed by atoms with Gasteiger partial charge in [-0.25, -0.2) is 0 Å². The van der Waals surface area contributed by atoms with Crippen molar-refractivity contribution in [2.75, 3.05) is 20.2 Å². The Morgan fingerprint density at radius 3 is 2.67 bits per heavy atom. The fourth-order valence-corrected chi connectivity index (χ4v) is 2.83. The van der Waals surface area contributed by atoms with Crippen LogP contribution in [0.2, 0.25) is 0 Å². The van der Waals surface area contributed by atoms with Gasteiger partial charge in [0.1, 0.15) is 5.72 Å². The maximum Gasteiger partial charge on any atom is 0.132 e. The highest BCUT2D eigenvalue weighted by Crippen LogP contribution is 2.29. The maximum atomic E-state index is 5.91. The Kier molecular flexibility index (Phi) is 4.41. The van der Waals surface area contributed by atoms with Crippen LogP contribution in [0.4, 0.5) is 0 Å². The van der Waals surface area contributed by atoms with Crippen molar-refractivity contribution in [3.63, 3.8) is 0 Å². The van der Waals surface area contributed by atoms with Crippen molar-refractivity contribution in [3.05, 3.63) is 0 Å². The van der Waals surface area contributed by atoms with Gasteiger partial charge >= 0.3 is 0 Å². The summed E-state index contributed by atoms with van der Waals surface area (Å²) in [5.41, 5.74) is -0.116. The summed E-state index contributed by atoms with van der Waals surface area (Å²) in [6, 6.07) is 1.04. The third-order valence-corrected chi connectivity index (χ3v) is 3.57. The van der Waals surface area contributed by atoms with Gasteiger partial charge in [0.25, 0.3) is 0 Å². The molecule has 0 aromatic rings. The van der Waals surface area contributed by atoms with E-state index in [2.05, 4.69) is 31.1 Å². The monoisotopic (exact) mass is 234 g/mol. The molecule has 0 radical (unpaired) electrons. The Morgan fingerprint density at radius 2 is 2.13 bits per heavy atom. The zero-order valence-corrected chi connectivity index (χ0v) is 10.8. The molecule has 2 aliphatic rings. The molecule has 3 nitrogen and oxygen atoms in total. The first-order valence-electron chi connectivity index (χ1n) is 5.74. The van der Waals surface area contributed by atoms with Gasteiger partial charge in [-0.1, -0.05) is 6.42 Å². The average Bonchev–Trinajstić information content (AvgIpc) is 2.48. The Balaban J connectivity index is 0.00000112. The first-order chi connectivity index (χ1) is 6.62. The zero-order chi connectivity index (χ0) is 10.2. The van der Waals surface area contributed by atoms with Crippen LogP contribution in [0, 0.1) is 0 Å². The minimum atomic E-state index is -0.116. The summed E-state index contributed by atoms with van der Waals surface area (Å²) >= 11 is 0. The standard InChI is InChI=1S/C11H22N2O.ClH/c1-9-8-14-11(2,12-9)10-6-4-5-7-13(10)3;/h9-10,12H,4-8H2,1-3H3;1H. The van der Waals surface area contributed by atoms with Crippen LogP contribution in [0.25, 0.3) is 0 Å². The molecule has 1 N–H and O–H groups in total.